The molecule has 0 aliphatic heterocycles. The molecule has 0 saturated heterocycles. The first-order chi connectivity index (χ1) is 16.4. The van der Waals surface area contributed by atoms with E-state index in [9.17, 15) is 14.7 Å². The van der Waals surface area contributed by atoms with Crippen LogP contribution < -0.4 is 15.8 Å². The van der Waals surface area contributed by atoms with Gasteiger partial charge >= 0.3 is 0 Å². The zero-order valence-corrected chi connectivity index (χ0v) is 19.3. The second-order valence-corrected chi connectivity index (χ2v) is 7.99. The van der Waals surface area contributed by atoms with E-state index < -0.39 is 12.0 Å². The molecular weight excluding hydrogens is 430 g/mol. The average Bonchev–Trinajstić information content (AvgIpc) is 2.86. The third kappa shape index (κ3) is 7.72. The van der Waals surface area contributed by atoms with Crippen LogP contribution in [-0.4, -0.2) is 54.2 Å². The van der Waals surface area contributed by atoms with Gasteiger partial charge in [-0.15, -0.1) is 0 Å². The Morgan fingerprint density at radius 1 is 0.971 bits per heavy atom. The standard InChI is InChI=1S/C27H31N3O4/c1-2-30(17-16-26(32)29-23-12-8-22(9-13-23)27(28)33)18-24(31)19-34-25-14-10-21(11-15-25)20-6-4-3-5-7-20/h3-15,24,31H,2,16-19H2,1H3,(H2,28,33)(H,29,32). The number of amides is 2. The third-order valence-electron chi connectivity index (χ3n) is 5.43. The maximum Gasteiger partial charge on any atom is 0.248 e. The predicted octanol–water partition coefficient (Wildman–Crippen LogP) is 3.54. The number of likely N-dealkylation sites (N-methyl/N-ethyl adjacent to an activating group) is 1. The number of nitrogens with one attached hydrogen (secondary N) is 1. The monoisotopic (exact) mass is 461 g/mol. The van der Waals surface area contributed by atoms with Crippen molar-refractivity contribution in [3.8, 4) is 16.9 Å². The fraction of sp³-hybridized carbons (Fsp3) is 0.259. The number of anilines is 1. The molecule has 34 heavy (non-hydrogen) atoms. The van der Waals surface area contributed by atoms with Crippen LogP contribution in [0, 0.1) is 0 Å². The summed E-state index contributed by atoms with van der Waals surface area (Å²) in [5, 5.41) is 13.2. The SMILES string of the molecule is CCN(CCC(=O)Nc1ccc(C(N)=O)cc1)CC(O)COc1ccc(-c2ccccc2)cc1. The smallest absolute Gasteiger partial charge is 0.248 e. The molecule has 0 bridgehead atoms. The van der Waals surface area contributed by atoms with E-state index in [4.69, 9.17) is 10.5 Å². The van der Waals surface area contributed by atoms with Crippen molar-refractivity contribution in [3.05, 3.63) is 84.4 Å². The molecule has 0 fully saturated rings. The van der Waals surface area contributed by atoms with Crippen molar-refractivity contribution in [1.82, 2.24) is 4.90 Å². The van der Waals surface area contributed by atoms with Crippen LogP contribution in [0.4, 0.5) is 5.69 Å². The molecule has 178 valence electrons. The third-order valence-corrected chi connectivity index (χ3v) is 5.43. The molecule has 1 unspecified atom stereocenters. The Bertz CT molecular complexity index is 1050. The number of hydrogen-bond acceptors (Lipinski definition) is 5. The molecule has 2 amide bonds. The number of aliphatic hydroxyl groups is 1. The van der Waals surface area contributed by atoms with Crippen LogP contribution in [0.2, 0.25) is 0 Å². The molecule has 0 spiro atoms. The number of rotatable bonds is 12. The first-order valence-electron chi connectivity index (χ1n) is 11.3. The number of benzene rings is 3. The van der Waals surface area contributed by atoms with E-state index in [2.05, 4.69) is 17.4 Å². The lowest BCUT2D eigenvalue weighted by atomic mass is 10.1. The normalized spacial score (nSPS) is 11.7. The van der Waals surface area contributed by atoms with E-state index in [0.717, 1.165) is 11.1 Å². The molecule has 0 saturated carbocycles. The number of carbonyl (C=O) groups is 2. The number of primary amides is 1. The highest BCUT2D eigenvalue weighted by Gasteiger charge is 2.13. The van der Waals surface area contributed by atoms with Crippen LogP contribution in [0.5, 0.6) is 5.75 Å². The number of nitrogens with zero attached hydrogens (tertiary/aromatic N) is 1. The van der Waals surface area contributed by atoms with E-state index in [-0.39, 0.29) is 18.9 Å². The largest absolute Gasteiger partial charge is 0.491 e. The Labute approximate surface area is 200 Å². The molecule has 0 aromatic heterocycles. The summed E-state index contributed by atoms with van der Waals surface area (Å²) < 4.78 is 5.75. The second kappa shape index (κ2) is 12.5. The number of ether oxygens (including phenoxy) is 1. The summed E-state index contributed by atoms with van der Waals surface area (Å²) in [5.74, 6) is 0.0428. The number of carbonyl (C=O) groups excluding carboxylic acids is 2. The van der Waals surface area contributed by atoms with Gasteiger partial charge in [0.1, 0.15) is 18.5 Å². The van der Waals surface area contributed by atoms with Gasteiger partial charge in [-0.2, -0.15) is 0 Å². The lowest BCUT2D eigenvalue weighted by Gasteiger charge is -2.23. The highest BCUT2D eigenvalue weighted by molar-refractivity contribution is 5.94. The van der Waals surface area contributed by atoms with Crippen molar-refractivity contribution in [1.29, 1.82) is 0 Å². The van der Waals surface area contributed by atoms with Gasteiger partial charge in [-0.05, 0) is 54.1 Å². The molecule has 4 N–H and O–H groups in total. The maximum atomic E-state index is 12.3. The Kier molecular flexibility index (Phi) is 9.20. The fourth-order valence-corrected chi connectivity index (χ4v) is 3.50. The molecule has 0 aliphatic carbocycles. The summed E-state index contributed by atoms with van der Waals surface area (Å²) >= 11 is 0. The van der Waals surface area contributed by atoms with Crippen molar-refractivity contribution >= 4 is 17.5 Å². The van der Waals surface area contributed by atoms with Crippen LogP contribution in [0.25, 0.3) is 11.1 Å². The van der Waals surface area contributed by atoms with E-state index in [1.165, 1.54) is 0 Å². The maximum absolute atomic E-state index is 12.3. The summed E-state index contributed by atoms with van der Waals surface area (Å²) in [4.78, 5) is 25.4. The van der Waals surface area contributed by atoms with Crippen molar-refractivity contribution < 1.29 is 19.4 Å². The molecule has 0 aliphatic rings. The van der Waals surface area contributed by atoms with Gasteiger partial charge in [-0.1, -0.05) is 49.4 Å². The Hall–Kier alpha value is -3.68. The molecule has 3 rings (SSSR count). The molecule has 0 radical (unpaired) electrons. The number of nitrogens with two attached hydrogens (primary N) is 1. The van der Waals surface area contributed by atoms with Gasteiger partial charge in [0.2, 0.25) is 11.8 Å². The lowest BCUT2D eigenvalue weighted by Crippen LogP contribution is -2.37. The Morgan fingerprint density at radius 2 is 1.62 bits per heavy atom. The van der Waals surface area contributed by atoms with E-state index in [0.29, 0.717) is 36.6 Å². The quantitative estimate of drug-likeness (QED) is 0.383. The van der Waals surface area contributed by atoms with Gasteiger partial charge in [0, 0.05) is 30.8 Å². The van der Waals surface area contributed by atoms with Crippen molar-refractivity contribution in [2.75, 3.05) is 31.6 Å². The Morgan fingerprint density at radius 3 is 2.24 bits per heavy atom. The number of hydrogen-bond donors (Lipinski definition) is 3. The van der Waals surface area contributed by atoms with E-state index >= 15 is 0 Å². The molecule has 3 aromatic carbocycles. The Balaban J connectivity index is 1.40. The van der Waals surface area contributed by atoms with Crippen molar-refractivity contribution in [2.24, 2.45) is 5.73 Å². The van der Waals surface area contributed by atoms with Crippen LogP contribution in [0.1, 0.15) is 23.7 Å². The van der Waals surface area contributed by atoms with Crippen molar-refractivity contribution in [3.63, 3.8) is 0 Å². The van der Waals surface area contributed by atoms with Gasteiger partial charge in [0.05, 0.1) is 0 Å². The minimum atomic E-state index is -0.682. The molecule has 7 nitrogen and oxygen atoms in total. The van der Waals surface area contributed by atoms with E-state index in [1.807, 2.05) is 54.3 Å². The molecule has 1 atom stereocenters. The summed E-state index contributed by atoms with van der Waals surface area (Å²) in [6, 6.07) is 24.3. The summed E-state index contributed by atoms with van der Waals surface area (Å²) in [7, 11) is 0. The second-order valence-electron chi connectivity index (χ2n) is 7.99. The summed E-state index contributed by atoms with van der Waals surface area (Å²) in [6.07, 6.45) is -0.405. The zero-order chi connectivity index (χ0) is 24.3. The molecular formula is C27H31N3O4. The minimum Gasteiger partial charge on any atom is -0.491 e. The van der Waals surface area contributed by atoms with Gasteiger partial charge in [0.25, 0.3) is 0 Å². The summed E-state index contributed by atoms with van der Waals surface area (Å²) in [5.41, 5.74) is 8.45. The van der Waals surface area contributed by atoms with Crippen LogP contribution in [-0.2, 0) is 4.79 Å². The van der Waals surface area contributed by atoms with Gasteiger partial charge in [-0.25, -0.2) is 0 Å². The highest BCUT2D eigenvalue weighted by Crippen LogP contribution is 2.22. The fourth-order valence-electron chi connectivity index (χ4n) is 3.50. The van der Waals surface area contributed by atoms with Crippen molar-refractivity contribution in [2.45, 2.75) is 19.4 Å². The van der Waals surface area contributed by atoms with E-state index in [1.54, 1.807) is 24.3 Å². The molecule has 7 heteroatoms. The minimum absolute atomic E-state index is 0.144. The summed E-state index contributed by atoms with van der Waals surface area (Å²) in [6.45, 7) is 3.75. The average molecular weight is 462 g/mol. The van der Waals surface area contributed by atoms with Crippen LogP contribution in [0.3, 0.4) is 0 Å². The lowest BCUT2D eigenvalue weighted by molar-refractivity contribution is -0.116. The van der Waals surface area contributed by atoms with Crippen LogP contribution >= 0.6 is 0 Å². The molecule has 0 heterocycles. The van der Waals surface area contributed by atoms with Gasteiger partial charge in [-0.3, -0.25) is 9.59 Å². The number of aliphatic hydroxyl groups excluding tert-OH is 1. The molecule has 3 aromatic rings. The predicted molar refractivity (Wildman–Crippen MR) is 134 cm³/mol. The van der Waals surface area contributed by atoms with Gasteiger partial charge < -0.3 is 25.8 Å². The first kappa shape index (κ1) is 25.0. The van der Waals surface area contributed by atoms with Crippen LogP contribution in [0.15, 0.2) is 78.9 Å². The van der Waals surface area contributed by atoms with Gasteiger partial charge in [0.15, 0.2) is 0 Å². The first-order valence-corrected chi connectivity index (χ1v) is 11.3. The zero-order valence-electron chi connectivity index (χ0n) is 19.3. The highest BCUT2D eigenvalue weighted by atomic mass is 16.5. The topological polar surface area (TPSA) is 105 Å².